The van der Waals surface area contributed by atoms with Gasteiger partial charge in [0.1, 0.15) is 12.3 Å². The quantitative estimate of drug-likeness (QED) is 0.833. The molecule has 0 bridgehead atoms. The molecule has 132 valence electrons. The van der Waals surface area contributed by atoms with Gasteiger partial charge in [0, 0.05) is 21.8 Å². The van der Waals surface area contributed by atoms with Crippen LogP contribution in [0.2, 0.25) is 5.02 Å². The highest BCUT2D eigenvalue weighted by Gasteiger charge is 2.22. The summed E-state index contributed by atoms with van der Waals surface area (Å²) >= 11 is 6.10. The Morgan fingerprint density at radius 1 is 1.20 bits per heavy atom. The number of halogens is 1. The Kier molecular flexibility index (Phi) is 5.61. The van der Waals surface area contributed by atoms with E-state index in [4.69, 9.17) is 16.3 Å². The minimum absolute atomic E-state index is 0.0877. The number of piperazine rings is 1. The summed E-state index contributed by atoms with van der Waals surface area (Å²) in [5, 5.41) is 0.776. The molecule has 2 aromatic rings. The van der Waals surface area contributed by atoms with Crippen molar-refractivity contribution in [2.24, 2.45) is 0 Å². The summed E-state index contributed by atoms with van der Waals surface area (Å²) in [5.74, 6) is 0.944. The normalized spacial score (nSPS) is 15.2. The van der Waals surface area contributed by atoms with E-state index in [2.05, 4.69) is 11.0 Å². The van der Waals surface area contributed by atoms with Crippen LogP contribution < -0.4 is 14.5 Å². The zero-order chi connectivity index (χ0) is 17.8. The maximum absolute atomic E-state index is 11.7. The third-order valence-electron chi connectivity index (χ3n) is 4.77. The Hall–Kier alpha value is -2.04. The average Bonchev–Trinajstić information content (AvgIpc) is 2.62. The number of hydrogen-bond donors (Lipinski definition) is 1. The molecule has 5 heteroatoms. The minimum Gasteiger partial charge on any atom is -0.496 e. The average molecular weight is 360 g/mol. The summed E-state index contributed by atoms with van der Waals surface area (Å²) in [7, 11) is 1.68. The molecule has 4 nitrogen and oxygen atoms in total. The number of nitrogens with zero attached hydrogens (tertiary/aromatic N) is 1. The van der Waals surface area contributed by atoms with E-state index in [-0.39, 0.29) is 5.78 Å². The van der Waals surface area contributed by atoms with Gasteiger partial charge in [-0.2, -0.15) is 0 Å². The first kappa shape index (κ1) is 17.8. The predicted octanol–water partition coefficient (Wildman–Crippen LogP) is 2.46. The van der Waals surface area contributed by atoms with Crippen LogP contribution in [0.25, 0.3) is 0 Å². The molecule has 1 saturated heterocycles. The first-order valence-electron chi connectivity index (χ1n) is 8.59. The Balaban J connectivity index is 1.66. The van der Waals surface area contributed by atoms with Crippen LogP contribution in [0.3, 0.4) is 0 Å². The molecule has 1 aliphatic rings. The van der Waals surface area contributed by atoms with Crippen molar-refractivity contribution in [3.05, 3.63) is 58.6 Å². The molecule has 0 aliphatic carbocycles. The molecule has 0 spiro atoms. The molecule has 0 saturated carbocycles. The molecule has 25 heavy (non-hydrogen) atoms. The maximum atomic E-state index is 11.7. The molecule has 0 radical (unpaired) electrons. The number of quaternary nitrogens is 1. The zero-order valence-electron chi connectivity index (χ0n) is 14.7. The third kappa shape index (κ3) is 4.33. The lowest BCUT2D eigenvalue weighted by atomic mass is 10.1. The highest BCUT2D eigenvalue weighted by Crippen LogP contribution is 2.21. The van der Waals surface area contributed by atoms with E-state index in [1.165, 1.54) is 10.6 Å². The van der Waals surface area contributed by atoms with Crippen LogP contribution in [0.15, 0.2) is 42.5 Å². The van der Waals surface area contributed by atoms with Gasteiger partial charge in [0.2, 0.25) is 0 Å². The van der Waals surface area contributed by atoms with Gasteiger partial charge < -0.3 is 14.5 Å². The predicted molar refractivity (Wildman–Crippen MR) is 101 cm³/mol. The summed E-state index contributed by atoms with van der Waals surface area (Å²) in [4.78, 5) is 15.5. The number of rotatable bonds is 5. The van der Waals surface area contributed by atoms with E-state index in [1.807, 2.05) is 36.4 Å². The summed E-state index contributed by atoms with van der Waals surface area (Å²) in [6.45, 7) is 6.53. The maximum Gasteiger partial charge on any atom is 0.159 e. The smallest absolute Gasteiger partial charge is 0.159 e. The van der Waals surface area contributed by atoms with Gasteiger partial charge in [0.25, 0.3) is 0 Å². The lowest BCUT2D eigenvalue weighted by Gasteiger charge is -2.34. The summed E-state index contributed by atoms with van der Waals surface area (Å²) < 4.78 is 5.48. The monoisotopic (exact) mass is 359 g/mol. The second kappa shape index (κ2) is 7.89. The van der Waals surface area contributed by atoms with Gasteiger partial charge in [-0.05, 0) is 43.3 Å². The molecule has 0 unspecified atom stereocenters. The van der Waals surface area contributed by atoms with Crippen molar-refractivity contribution in [2.45, 2.75) is 13.5 Å². The second-order valence-corrected chi connectivity index (χ2v) is 6.91. The standard InChI is InChI=1S/C20H23ClN2O2/c1-15(24)16-6-7-20(25-2)17(12-16)14-22-8-10-23(11-9-22)19-5-3-4-18(21)13-19/h3-7,12-13H,8-11,14H2,1-2H3/p+1. The van der Waals surface area contributed by atoms with Crippen LogP contribution in [0.1, 0.15) is 22.8 Å². The van der Waals surface area contributed by atoms with Crippen LogP contribution in [0, 0.1) is 0 Å². The summed E-state index contributed by atoms with van der Waals surface area (Å²) in [6, 6.07) is 13.7. The largest absolute Gasteiger partial charge is 0.496 e. The van der Waals surface area contributed by atoms with Crippen LogP contribution in [0.4, 0.5) is 5.69 Å². The molecule has 0 aromatic heterocycles. The zero-order valence-corrected chi connectivity index (χ0v) is 15.5. The summed E-state index contributed by atoms with van der Waals surface area (Å²) in [6.07, 6.45) is 0. The molecule has 1 N–H and O–H groups in total. The van der Waals surface area contributed by atoms with Gasteiger partial charge in [-0.25, -0.2) is 0 Å². The van der Waals surface area contributed by atoms with Gasteiger partial charge in [0.15, 0.2) is 5.78 Å². The SMILES string of the molecule is COc1ccc(C(C)=O)cc1C[NH+]1CCN(c2cccc(Cl)c2)CC1. The fourth-order valence-corrected chi connectivity index (χ4v) is 3.52. The number of hydrogen-bond acceptors (Lipinski definition) is 3. The number of methoxy groups -OCH3 is 1. The van der Waals surface area contributed by atoms with Crippen molar-refractivity contribution < 1.29 is 14.4 Å². The topological polar surface area (TPSA) is 34.0 Å². The number of carbonyl (C=O) groups excluding carboxylic acids is 1. The van der Waals surface area contributed by atoms with Gasteiger partial charge in [-0.1, -0.05) is 17.7 Å². The van der Waals surface area contributed by atoms with E-state index in [0.717, 1.165) is 54.6 Å². The van der Waals surface area contributed by atoms with Crippen molar-refractivity contribution in [3.63, 3.8) is 0 Å². The fourth-order valence-electron chi connectivity index (χ4n) is 3.34. The number of carbonyl (C=O) groups is 1. The third-order valence-corrected chi connectivity index (χ3v) is 5.01. The van der Waals surface area contributed by atoms with E-state index >= 15 is 0 Å². The van der Waals surface area contributed by atoms with Gasteiger partial charge >= 0.3 is 0 Å². The molecule has 0 atom stereocenters. The van der Waals surface area contributed by atoms with Crippen molar-refractivity contribution in [1.82, 2.24) is 0 Å². The van der Waals surface area contributed by atoms with Crippen molar-refractivity contribution >= 4 is 23.1 Å². The van der Waals surface area contributed by atoms with Crippen molar-refractivity contribution in [2.75, 3.05) is 38.2 Å². The van der Waals surface area contributed by atoms with Gasteiger partial charge in [-0.3, -0.25) is 4.79 Å². The summed E-state index contributed by atoms with van der Waals surface area (Å²) in [5.41, 5.74) is 3.02. The van der Waals surface area contributed by atoms with E-state index in [1.54, 1.807) is 14.0 Å². The van der Waals surface area contributed by atoms with Crippen molar-refractivity contribution in [3.8, 4) is 5.75 Å². The Morgan fingerprint density at radius 2 is 1.96 bits per heavy atom. The number of benzene rings is 2. The van der Waals surface area contributed by atoms with Crippen molar-refractivity contribution in [1.29, 1.82) is 0 Å². The Morgan fingerprint density at radius 3 is 2.60 bits per heavy atom. The number of anilines is 1. The molecule has 1 aliphatic heterocycles. The van der Waals surface area contributed by atoms with E-state index < -0.39 is 0 Å². The highest BCUT2D eigenvalue weighted by atomic mass is 35.5. The molecule has 2 aromatic carbocycles. The lowest BCUT2D eigenvalue weighted by molar-refractivity contribution is -0.914. The Bertz CT molecular complexity index is 755. The number of ketones is 1. The fraction of sp³-hybridized carbons (Fsp3) is 0.350. The minimum atomic E-state index is 0.0877. The molecule has 3 rings (SSSR count). The van der Waals surface area contributed by atoms with Crippen LogP contribution in [-0.2, 0) is 6.54 Å². The number of ether oxygens (including phenoxy) is 1. The van der Waals surface area contributed by atoms with Gasteiger partial charge in [0.05, 0.1) is 33.3 Å². The lowest BCUT2D eigenvalue weighted by Crippen LogP contribution is -3.13. The molecule has 1 fully saturated rings. The number of nitrogens with one attached hydrogen (secondary N) is 1. The first-order valence-corrected chi connectivity index (χ1v) is 8.96. The van der Waals surface area contributed by atoms with E-state index in [0.29, 0.717) is 0 Å². The van der Waals surface area contributed by atoms with Crippen LogP contribution >= 0.6 is 11.6 Å². The second-order valence-electron chi connectivity index (χ2n) is 6.48. The highest BCUT2D eigenvalue weighted by molar-refractivity contribution is 6.30. The molecular formula is C20H24ClN2O2+. The first-order chi connectivity index (χ1) is 12.1. The molecule has 1 heterocycles. The van der Waals surface area contributed by atoms with Crippen LogP contribution in [-0.4, -0.2) is 39.1 Å². The van der Waals surface area contributed by atoms with E-state index in [9.17, 15) is 4.79 Å². The van der Waals surface area contributed by atoms with Crippen LogP contribution in [0.5, 0.6) is 5.75 Å². The van der Waals surface area contributed by atoms with Gasteiger partial charge in [-0.15, -0.1) is 0 Å². The molecular weight excluding hydrogens is 336 g/mol. The Labute approximate surface area is 154 Å². The molecule has 0 amide bonds. The number of Topliss-reactive ketones (excluding diaryl/α,β-unsaturated/α-hetero) is 1.